The molecule has 2 aromatic rings. The summed E-state index contributed by atoms with van der Waals surface area (Å²) in [5.41, 5.74) is 0.782. The lowest BCUT2D eigenvalue weighted by Gasteiger charge is -1.98. The van der Waals surface area contributed by atoms with Gasteiger partial charge in [0.15, 0.2) is 0 Å². The summed E-state index contributed by atoms with van der Waals surface area (Å²) in [6.07, 6.45) is 2.44. The van der Waals surface area contributed by atoms with Gasteiger partial charge in [0, 0.05) is 6.21 Å². The minimum absolute atomic E-state index is 0.782. The molecule has 3 nitrogen and oxygen atoms in total. The Morgan fingerprint density at radius 3 is 2.44 bits per heavy atom. The topological polar surface area (TPSA) is 46.5 Å². The predicted molar refractivity (Wildman–Crippen MR) is 66.4 cm³/mol. The summed E-state index contributed by atoms with van der Waals surface area (Å²) in [7, 11) is -3.31. The van der Waals surface area contributed by atoms with E-state index >= 15 is 0 Å². The van der Waals surface area contributed by atoms with Crippen LogP contribution in [0.4, 0.5) is 0 Å². The monoisotopic (exact) mass is 233 g/mol. The number of benzene rings is 2. The van der Waals surface area contributed by atoms with Crippen LogP contribution in [0.3, 0.4) is 0 Å². The summed E-state index contributed by atoms with van der Waals surface area (Å²) in [5, 5.41) is 2.19. The normalized spacial score (nSPS) is 12.3. The molecule has 0 aromatic heterocycles. The lowest BCUT2D eigenvalue weighted by atomic mass is 10.1. The zero-order valence-electron chi connectivity index (χ0n) is 8.79. The maximum Gasteiger partial charge on any atom is 0.250 e. The highest BCUT2D eigenvalue weighted by atomic mass is 32.2. The van der Waals surface area contributed by atoms with E-state index in [0.717, 1.165) is 22.6 Å². The summed E-state index contributed by atoms with van der Waals surface area (Å²) in [6.45, 7) is 0. The van der Waals surface area contributed by atoms with E-state index in [0.29, 0.717) is 0 Å². The molecule has 0 atom stereocenters. The van der Waals surface area contributed by atoms with Crippen LogP contribution >= 0.6 is 0 Å². The van der Waals surface area contributed by atoms with Gasteiger partial charge in [0.2, 0.25) is 10.0 Å². The van der Waals surface area contributed by atoms with Crippen molar-refractivity contribution in [2.45, 2.75) is 0 Å². The number of hydrogen-bond donors (Lipinski definition) is 0. The first-order chi connectivity index (χ1) is 7.54. The maximum absolute atomic E-state index is 10.9. The molecule has 82 valence electrons. The van der Waals surface area contributed by atoms with Gasteiger partial charge in [-0.05, 0) is 22.4 Å². The van der Waals surface area contributed by atoms with Crippen molar-refractivity contribution in [3.05, 3.63) is 48.0 Å². The van der Waals surface area contributed by atoms with E-state index in [4.69, 9.17) is 0 Å². The highest BCUT2D eigenvalue weighted by molar-refractivity contribution is 7.89. The molecule has 0 unspecified atom stereocenters. The van der Waals surface area contributed by atoms with E-state index in [9.17, 15) is 8.42 Å². The second-order valence-electron chi connectivity index (χ2n) is 3.57. The van der Waals surface area contributed by atoms with Crippen LogP contribution in [0.1, 0.15) is 5.56 Å². The maximum atomic E-state index is 10.9. The highest BCUT2D eigenvalue weighted by Gasteiger charge is 1.96. The summed E-state index contributed by atoms with van der Waals surface area (Å²) in [6, 6.07) is 13.6. The lowest BCUT2D eigenvalue weighted by Crippen LogP contribution is -1.91. The van der Waals surface area contributed by atoms with E-state index in [1.165, 1.54) is 6.21 Å². The molecule has 0 N–H and O–H groups in total. The van der Waals surface area contributed by atoms with Gasteiger partial charge in [-0.3, -0.25) is 0 Å². The van der Waals surface area contributed by atoms with E-state index < -0.39 is 10.0 Å². The zero-order chi connectivity index (χ0) is 11.6. The van der Waals surface area contributed by atoms with Crippen molar-refractivity contribution in [3.63, 3.8) is 0 Å². The number of sulfonamides is 1. The molecule has 0 fully saturated rings. The number of rotatable bonds is 2. The van der Waals surface area contributed by atoms with Gasteiger partial charge in [0.1, 0.15) is 0 Å². The standard InChI is InChI=1S/C12H11NO2S/c1-16(14,15)13-9-10-6-7-11-4-2-3-5-12(11)8-10/h2-9H,1H3. The quantitative estimate of drug-likeness (QED) is 0.747. The smallest absolute Gasteiger partial charge is 0.205 e. The van der Waals surface area contributed by atoms with E-state index in [-0.39, 0.29) is 0 Å². The van der Waals surface area contributed by atoms with Crippen LogP contribution in [0.15, 0.2) is 46.9 Å². The molecular formula is C12H11NO2S. The van der Waals surface area contributed by atoms with Gasteiger partial charge >= 0.3 is 0 Å². The molecule has 0 saturated carbocycles. The molecule has 0 heterocycles. The van der Waals surface area contributed by atoms with Gasteiger partial charge in [0.05, 0.1) is 6.26 Å². The second-order valence-corrected chi connectivity index (χ2v) is 5.25. The molecule has 0 bridgehead atoms. The molecule has 0 radical (unpaired) electrons. The van der Waals surface area contributed by atoms with Crippen molar-refractivity contribution >= 4 is 27.0 Å². The van der Waals surface area contributed by atoms with Gasteiger partial charge in [0.25, 0.3) is 0 Å². The SMILES string of the molecule is CS(=O)(=O)N=Cc1ccc2ccccc2c1. The molecule has 16 heavy (non-hydrogen) atoms. The summed E-state index contributed by atoms with van der Waals surface area (Å²) >= 11 is 0. The Bertz CT molecular complexity index is 645. The molecule has 0 saturated heterocycles. The van der Waals surface area contributed by atoms with Crippen LogP contribution in [0.2, 0.25) is 0 Å². The van der Waals surface area contributed by atoms with Crippen LogP contribution in [-0.4, -0.2) is 20.9 Å². The van der Waals surface area contributed by atoms with Crippen molar-refractivity contribution in [3.8, 4) is 0 Å². The molecule has 0 aliphatic heterocycles. The van der Waals surface area contributed by atoms with Crippen LogP contribution in [0.5, 0.6) is 0 Å². The molecule has 0 spiro atoms. The number of nitrogens with zero attached hydrogens (tertiary/aromatic N) is 1. The van der Waals surface area contributed by atoms with Gasteiger partial charge in [-0.1, -0.05) is 36.4 Å². The molecule has 0 aliphatic carbocycles. The van der Waals surface area contributed by atoms with Gasteiger partial charge in [-0.25, -0.2) is 8.42 Å². The first-order valence-electron chi connectivity index (χ1n) is 4.79. The first kappa shape index (κ1) is 10.8. The molecule has 4 heteroatoms. The molecule has 2 aromatic carbocycles. The van der Waals surface area contributed by atoms with E-state index in [1.807, 2.05) is 42.5 Å². The van der Waals surface area contributed by atoms with Crippen LogP contribution < -0.4 is 0 Å². The fourth-order valence-electron chi connectivity index (χ4n) is 1.44. The van der Waals surface area contributed by atoms with Crippen molar-refractivity contribution < 1.29 is 8.42 Å². The summed E-state index contributed by atoms with van der Waals surface area (Å²) in [5.74, 6) is 0. The predicted octanol–water partition coefficient (Wildman–Crippen LogP) is 2.22. The fraction of sp³-hybridized carbons (Fsp3) is 0.0833. The van der Waals surface area contributed by atoms with E-state index in [1.54, 1.807) is 0 Å². The van der Waals surface area contributed by atoms with Crippen molar-refractivity contribution in [1.82, 2.24) is 0 Å². The second kappa shape index (κ2) is 4.06. The molecule has 0 amide bonds. The minimum Gasteiger partial charge on any atom is -0.205 e. The third-order valence-corrected chi connectivity index (χ3v) is 2.66. The Morgan fingerprint density at radius 2 is 1.75 bits per heavy atom. The van der Waals surface area contributed by atoms with E-state index in [2.05, 4.69) is 4.40 Å². The van der Waals surface area contributed by atoms with Crippen molar-refractivity contribution in [2.75, 3.05) is 6.26 Å². The zero-order valence-corrected chi connectivity index (χ0v) is 9.61. The first-order valence-corrected chi connectivity index (χ1v) is 6.63. The van der Waals surface area contributed by atoms with Gasteiger partial charge in [-0.15, -0.1) is 0 Å². The third-order valence-electron chi connectivity index (χ3n) is 2.17. The molecular weight excluding hydrogens is 222 g/mol. The summed E-state index contributed by atoms with van der Waals surface area (Å²) < 4.78 is 25.2. The Balaban J connectivity index is 2.44. The average Bonchev–Trinajstić information content (AvgIpc) is 2.25. The highest BCUT2D eigenvalue weighted by Crippen LogP contribution is 2.14. The third kappa shape index (κ3) is 2.67. The Morgan fingerprint density at radius 1 is 1.06 bits per heavy atom. The Kier molecular flexibility index (Phi) is 2.75. The van der Waals surface area contributed by atoms with Gasteiger partial charge < -0.3 is 0 Å². The van der Waals surface area contributed by atoms with Crippen LogP contribution in [0.25, 0.3) is 10.8 Å². The van der Waals surface area contributed by atoms with Gasteiger partial charge in [-0.2, -0.15) is 4.40 Å². The van der Waals surface area contributed by atoms with Crippen LogP contribution in [-0.2, 0) is 10.0 Å². The Labute approximate surface area is 94.5 Å². The minimum atomic E-state index is -3.31. The lowest BCUT2D eigenvalue weighted by molar-refractivity contribution is 0.604. The summed E-state index contributed by atoms with van der Waals surface area (Å²) in [4.78, 5) is 0. The Hall–Kier alpha value is -1.68. The number of fused-ring (bicyclic) bond motifs is 1. The molecule has 0 aliphatic rings. The number of hydrogen-bond acceptors (Lipinski definition) is 2. The molecule has 2 rings (SSSR count). The van der Waals surface area contributed by atoms with Crippen molar-refractivity contribution in [2.24, 2.45) is 4.40 Å². The largest absolute Gasteiger partial charge is 0.250 e. The average molecular weight is 233 g/mol. The van der Waals surface area contributed by atoms with Crippen molar-refractivity contribution in [1.29, 1.82) is 0 Å². The fourth-order valence-corrected chi connectivity index (χ4v) is 1.76. The van der Waals surface area contributed by atoms with Crippen LogP contribution in [0, 0.1) is 0 Å².